The number of nitrogens with two attached hydrogens (primary N) is 2. The first-order chi connectivity index (χ1) is 5.45. The molecule has 0 saturated carbocycles. The van der Waals surface area contributed by atoms with Crippen LogP contribution in [0.2, 0.25) is 0 Å². The Balaban J connectivity index is -0.000000150. The third-order valence-electron chi connectivity index (χ3n) is 0.649. The molecule has 8 heteroatoms. The summed E-state index contributed by atoms with van der Waals surface area (Å²) < 4.78 is 0. The Bertz CT molecular complexity index is 154. The maximum absolute atomic E-state index is 9.53. The van der Waals surface area contributed by atoms with Crippen molar-refractivity contribution in [1.82, 2.24) is 0 Å². The number of carboxylic acid groups (broad SMARTS) is 2. The fourth-order valence-electron chi connectivity index (χ4n) is 0.0680. The predicted molar refractivity (Wildman–Crippen MR) is 31.9 cm³/mol. The second-order valence-corrected chi connectivity index (χ2v) is 1.67. The Morgan fingerprint density at radius 3 is 1.62 bits per heavy atom. The molecule has 13 heavy (non-hydrogen) atoms. The molecule has 7 nitrogen and oxygen atoms in total. The summed E-state index contributed by atoms with van der Waals surface area (Å²) in [6.07, 6.45) is 0. The van der Waals surface area contributed by atoms with Crippen molar-refractivity contribution in [2.75, 3.05) is 13.2 Å². The summed E-state index contributed by atoms with van der Waals surface area (Å²) in [4.78, 5) is 18.6. The van der Waals surface area contributed by atoms with Crippen LogP contribution in [0, 0.1) is 0 Å². The van der Waals surface area contributed by atoms with E-state index in [1.807, 2.05) is 0 Å². The molecule has 0 fully saturated rings. The Morgan fingerprint density at radius 2 is 1.62 bits per heavy atom. The van der Waals surface area contributed by atoms with E-state index in [0.29, 0.717) is 0 Å². The summed E-state index contributed by atoms with van der Waals surface area (Å²) in [6.45, 7) is -1.21. The molecule has 1 atom stereocenters. The fraction of sp³-hybridized carbons (Fsp3) is 0.600. The van der Waals surface area contributed by atoms with E-state index in [0.717, 1.165) is 0 Å². The van der Waals surface area contributed by atoms with Crippen molar-refractivity contribution in [3.63, 3.8) is 0 Å². The van der Waals surface area contributed by atoms with Crippen molar-refractivity contribution in [2.45, 2.75) is 6.04 Å². The summed E-state index contributed by atoms with van der Waals surface area (Å²) >= 11 is 0. The second-order valence-electron chi connectivity index (χ2n) is 1.67. The van der Waals surface area contributed by atoms with Gasteiger partial charge in [0.05, 0.1) is 11.9 Å². The maximum Gasteiger partial charge on any atom is 3.00 e. The number of aliphatic carboxylic acids is 2. The van der Waals surface area contributed by atoms with Crippen molar-refractivity contribution >= 4 is 11.9 Å². The molecule has 0 bridgehead atoms. The van der Waals surface area contributed by atoms with Crippen LogP contribution in [0.5, 0.6) is 0 Å². The van der Waals surface area contributed by atoms with Gasteiger partial charge < -0.3 is 36.4 Å². The van der Waals surface area contributed by atoms with Crippen LogP contribution in [-0.4, -0.2) is 31.1 Å². The largest absolute Gasteiger partial charge is 3.00 e. The first kappa shape index (κ1) is 18.2. The van der Waals surface area contributed by atoms with E-state index in [2.05, 4.69) is 11.5 Å². The Hall–Kier alpha value is -0.661. The normalized spacial score (nSPS) is 10.1. The molecule has 0 radical (unpaired) electrons. The third-order valence-corrected chi connectivity index (χ3v) is 0.649. The summed E-state index contributed by atoms with van der Waals surface area (Å²) in [6, 6.07) is -1.35. The van der Waals surface area contributed by atoms with E-state index in [1.165, 1.54) is 0 Å². The van der Waals surface area contributed by atoms with Crippen molar-refractivity contribution in [3.05, 3.63) is 0 Å². The van der Waals surface area contributed by atoms with Gasteiger partial charge in [0.15, 0.2) is 0 Å². The standard InChI is InChI=1S/C3H6NO3.C2H5NO2.Mn/c4-2(1-5)3(6)7;3-1-2(4)5;/h2H,1,4H2,(H,6,7);1,3H2,(H,4,5);/q-1;;+3/p-2. The van der Waals surface area contributed by atoms with Gasteiger partial charge in [-0.25, -0.2) is 0 Å². The predicted octanol–water partition coefficient (Wildman–Crippen LogP) is -5.88. The van der Waals surface area contributed by atoms with Crippen LogP contribution in [0.25, 0.3) is 0 Å². The van der Waals surface area contributed by atoms with Gasteiger partial charge in [-0.3, -0.25) is 0 Å². The minimum atomic E-state index is -1.49. The minimum Gasteiger partial charge on any atom is -0.853 e. The molecule has 0 aliphatic carbocycles. The van der Waals surface area contributed by atoms with Gasteiger partial charge in [-0.2, -0.15) is 0 Å². The third kappa shape index (κ3) is 18.4. The molecule has 0 aromatic carbocycles. The molecule has 0 rings (SSSR count). The molecule has 0 aromatic rings. The van der Waals surface area contributed by atoms with E-state index < -0.39 is 24.6 Å². The zero-order chi connectivity index (χ0) is 10.1. The molecule has 0 saturated heterocycles. The summed E-state index contributed by atoms with van der Waals surface area (Å²) in [7, 11) is 0. The van der Waals surface area contributed by atoms with Gasteiger partial charge >= 0.3 is 17.1 Å². The Kier molecular flexibility index (Phi) is 15.9. The zero-order valence-corrected chi connectivity index (χ0v) is 7.75. The topological polar surface area (TPSA) is 155 Å². The van der Waals surface area contributed by atoms with E-state index in [9.17, 15) is 15.0 Å². The quantitative estimate of drug-likeness (QED) is 0.459. The minimum absolute atomic E-state index is 0. The average molecular weight is 232 g/mol. The second kappa shape index (κ2) is 11.3. The number of carboxylic acids is 2. The molecule has 0 aliphatic heterocycles. The van der Waals surface area contributed by atoms with Crippen molar-refractivity contribution < 1.29 is 42.0 Å². The van der Waals surface area contributed by atoms with Gasteiger partial charge in [-0.1, -0.05) is 0 Å². The van der Waals surface area contributed by atoms with Gasteiger partial charge in [-0.05, 0) is 0 Å². The van der Waals surface area contributed by atoms with Crippen molar-refractivity contribution in [2.24, 2.45) is 11.5 Å². The maximum atomic E-state index is 9.53. The van der Waals surface area contributed by atoms with Crippen molar-refractivity contribution in [3.8, 4) is 0 Å². The molecule has 0 heterocycles. The fourth-order valence-corrected chi connectivity index (χ4v) is 0.0680. The van der Waals surface area contributed by atoms with Crippen LogP contribution in [0.3, 0.4) is 0 Å². The smallest absolute Gasteiger partial charge is 0.853 e. The first-order valence-corrected chi connectivity index (χ1v) is 2.90. The van der Waals surface area contributed by atoms with Crippen LogP contribution >= 0.6 is 0 Å². The molecule has 0 amide bonds. The number of carbonyl (C=O) groups is 2. The van der Waals surface area contributed by atoms with E-state index in [4.69, 9.17) is 9.90 Å². The number of hydrogen-bond acceptors (Lipinski definition) is 7. The zero-order valence-electron chi connectivity index (χ0n) is 6.57. The molecule has 76 valence electrons. The SMILES string of the molecule is NC(C[O-])C(=O)[O-].NCC(=O)[O-].[Mn+3]. The summed E-state index contributed by atoms with van der Waals surface area (Å²) in [5, 5.41) is 28.2. The van der Waals surface area contributed by atoms with Gasteiger partial charge in [0.25, 0.3) is 0 Å². The van der Waals surface area contributed by atoms with Crippen molar-refractivity contribution in [1.29, 1.82) is 0 Å². The van der Waals surface area contributed by atoms with Gasteiger partial charge in [0.1, 0.15) is 0 Å². The van der Waals surface area contributed by atoms with Crippen LogP contribution in [0.1, 0.15) is 0 Å². The van der Waals surface area contributed by atoms with Crippen LogP contribution in [0.15, 0.2) is 0 Å². The van der Waals surface area contributed by atoms with Gasteiger partial charge in [0, 0.05) is 12.6 Å². The first-order valence-electron chi connectivity index (χ1n) is 2.90. The number of rotatable bonds is 3. The van der Waals surface area contributed by atoms with Gasteiger partial charge in [0.2, 0.25) is 0 Å². The molecule has 1 unspecified atom stereocenters. The molecule has 0 spiro atoms. The number of carbonyl (C=O) groups excluding carboxylic acids is 2. The Labute approximate surface area is 85.2 Å². The van der Waals surface area contributed by atoms with Crippen LogP contribution < -0.4 is 26.8 Å². The van der Waals surface area contributed by atoms with Crippen LogP contribution in [0.4, 0.5) is 0 Å². The average Bonchev–Trinajstić information content (AvgIpc) is 2.04. The summed E-state index contributed by atoms with van der Waals surface area (Å²) in [5.74, 6) is -2.71. The van der Waals surface area contributed by atoms with Gasteiger partial charge in [-0.15, -0.1) is 6.61 Å². The number of hydrogen-bond donors (Lipinski definition) is 2. The van der Waals surface area contributed by atoms with Crippen LogP contribution in [-0.2, 0) is 26.7 Å². The molecular formula is C5H9MnN2O5. The molecule has 0 aliphatic rings. The summed E-state index contributed by atoms with van der Waals surface area (Å²) in [5.41, 5.74) is 9.15. The molecule has 4 N–H and O–H groups in total. The molecular weight excluding hydrogens is 223 g/mol. The van der Waals surface area contributed by atoms with E-state index >= 15 is 0 Å². The molecule has 0 aromatic heterocycles. The van der Waals surface area contributed by atoms with E-state index in [1.54, 1.807) is 0 Å². The van der Waals surface area contributed by atoms with E-state index in [-0.39, 0.29) is 23.6 Å². The Morgan fingerprint density at radius 1 is 1.31 bits per heavy atom. The monoisotopic (exact) mass is 232 g/mol.